The zero-order valence-corrected chi connectivity index (χ0v) is 11.6. The molecule has 1 aromatic carbocycles. The molecule has 2 atom stereocenters. The summed E-state index contributed by atoms with van der Waals surface area (Å²) in [4.78, 5) is 22.5. The van der Waals surface area contributed by atoms with Crippen LogP contribution >= 0.6 is 0 Å². The first-order valence-corrected chi connectivity index (χ1v) is 6.39. The minimum absolute atomic E-state index is 0.115. The molecule has 4 N–H and O–H groups in total. The third-order valence-electron chi connectivity index (χ3n) is 3.00. The molecule has 0 spiro atoms. The Morgan fingerprint density at radius 2 is 1.74 bits per heavy atom. The Morgan fingerprint density at radius 1 is 1.16 bits per heavy atom. The Morgan fingerprint density at radius 3 is 2.21 bits per heavy atom. The first-order chi connectivity index (χ1) is 8.93. The standard InChI is InChI=1S/C14H21N3O2/c1-4-11-5-7-12(8-6-11)9(2)16-13(18)10(3)17-14(15)19/h5-10H,4H2,1-3H3,(H,16,18)(H3,15,17,19). The predicted molar refractivity (Wildman–Crippen MR) is 74.6 cm³/mol. The number of rotatable bonds is 5. The van der Waals surface area contributed by atoms with Crippen molar-refractivity contribution in [2.24, 2.45) is 5.73 Å². The van der Waals surface area contributed by atoms with E-state index in [-0.39, 0.29) is 11.9 Å². The van der Waals surface area contributed by atoms with Gasteiger partial charge in [0.15, 0.2) is 0 Å². The summed E-state index contributed by atoms with van der Waals surface area (Å²) >= 11 is 0. The van der Waals surface area contributed by atoms with Gasteiger partial charge in [0, 0.05) is 0 Å². The van der Waals surface area contributed by atoms with Gasteiger partial charge >= 0.3 is 6.03 Å². The number of hydrogen-bond acceptors (Lipinski definition) is 2. The summed E-state index contributed by atoms with van der Waals surface area (Å²) in [5.41, 5.74) is 7.26. The molecular formula is C14H21N3O2. The second-order valence-corrected chi connectivity index (χ2v) is 4.56. The zero-order valence-electron chi connectivity index (χ0n) is 11.6. The van der Waals surface area contributed by atoms with E-state index in [0.29, 0.717) is 0 Å². The molecule has 0 bridgehead atoms. The van der Waals surface area contributed by atoms with Crippen LogP contribution in [0.1, 0.15) is 37.9 Å². The fourth-order valence-electron chi connectivity index (χ4n) is 1.74. The SMILES string of the molecule is CCc1ccc(C(C)NC(=O)C(C)NC(N)=O)cc1. The molecule has 0 aliphatic heterocycles. The van der Waals surface area contributed by atoms with Crippen molar-refractivity contribution < 1.29 is 9.59 Å². The molecule has 0 aliphatic carbocycles. The average molecular weight is 263 g/mol. The van der Waals surface area contributed by atoms with Crippen molar-refractivity contribution in [3.05, 3.63) is 35.4 Å². The molecule has 0 aliphatic rings. The summed E-state index contributed by atoms with van der Waals surface area (Å²) in [6, 6.07) is 6.62. The predicted octanol–water partition coefficient (Wildman–Crippen LogP) is 1.48. The van der Waals surface area contributed by atoms with Gasteiger partial charge in [0.05, 0.1) is 6.04 Å². The van der Waals surface area contributed by atoms with Gasteiger partial charge in [-0.05, 0) is 31.4 Å². The summed E-state index contributed by atoms with van der Waals surface area (Å²) in [6.45, 7) is 5.58. The molecule has 0 radical (unpaired) electrons. The maximum atomic E-state index is 11.8. The minimum Gasteiger partial charge on any atom is -0.352 e. The normalized spacial score (nSPS) is 13.4. The van der Waals surface area contributed by atoms with E-state index in [4.69, 9.17) is 5.73 Å². The third-order valence-corrected chi connectivity index (χ3v) is 3.00. The van der Waals surface area contributed by atoms with Crippen molar-refractivity contribution in [1.82, 2.24) is 10.6 Å². The highest BCUT2D eigenvalue weighted by molar-refractivity contribution is 5.86. The lowest BCUT2D eigenvalue weighted by molar-refractivity contribution is -0.123. The van der Waals surface area contributed by atoms with E-state index in [9.17, 15) is 9.59 Å². The summed E-state index contributed by atoms with van der Waals surface area (Å²) in [7, 11) is 0. The molecule has 1 aromatic rings. The smallest absolute Gasteiger partial charge is 0.312 e. The molecule has 19 heavy (non-hydrogen) atoms. The van der Waals surface area contributed by atoms with Gasteiger partial charge in [-0.25, -0.2) is 4.79 Å². The summed E-state index contributed by atoms with van der Waals surface area (Å²) < 4.78 is 0. The first-order valence-electron chi connectivity index (χ1n) is 6.39. The number of amides is 3. The van der Waals surface area contributed by atoms with E-state index >= 15 is 0 Å². The quantitative estimate of drug-likeness (QED) is 0.751. The van der Waals surface area contributed by atoms with Crippen LogP contribution in [0.2, 0.25) is 0 Å². The van der Waals surface area contributed by atoms with E-state index in [1.165, 1.54) is 5.56 Å². The molecule has 2 unspecified atom stereocenters. The Bertz CT molecular complexity index is 443. The van der Waals surface area contributed by atoms with Crippen molar-refractivity contribution in [3.8, 4) is 0 Å². The van der Waals surface area contributed by atoms with Crippen LogP contribution in [0.5, 0.6) is 0 Å². The van der Waals surface area contributed by atoms with Crippen LogP contribution in [-0.4, -0.2) is 18.0 Å². The highest BCUT2D eigenvalue weighted by atomic mass is 16.2. The second kappa shape index (κ2) is 6.78. The lowest BCUT2D eigenvalue weighted by atomic mass is 10.0. The van der Waals surface area contributed by atoms with Crippen LogP contribution in [-0.2, 0) is 11.2 Å². The monoisotopic (exact) mass is 263 g/mol. The van der Waals surface area contributed by atoms with Gasteiger partial charge in [0.2, 0.25) is 5.91 Å². The van der Waals surface area contributed by atoms with Gasteiger partial charge in [0.25, 0.3) is 0 Å². The number of nitrogens with one attached hydrogen (secondary N) is 2. The number of carbonyl (C=O) groups excluding carboxylic acids is 2. The fraction of sp³-hybridized carbons (Fsp3) is 0.429. The number of primary amides is 1. The molecule has 0 heterocycles. The number of nitrogens with two attached hydrogens (primary N) is 1. The van der Waals surface area contributed by atoms with Gasteiger partial charge in [-0.15, -0.1) is 0 Å². The molecular weight excluding hydrogens is 242 g/mol. The number of hydrogen-bond donors (Lipinski definition) is 3. The van der Waals surface area contributed by atoms with Crippen LogP contribution in [0.4, 0.5) is 4.79 Å². The van der Waals surface area contributed by atoms with Gasteiger partial charge in [-0.1, -0.05) is 31.2 Å². The van der Waals surface area contributed by atoms with Crippen molar-refractivity contribution in [1.29, 1.82) is 0 Å². The second-order valence-electron chi connectivity index (χ2n) is 4.56. The van der Waals surface area contributed by atoms with E-state index < -0.39 is 12.1 Å². The van der Waals surface area contributed by atoms with Crippen molar-refractivity contribution in [2.75, 3.05) is 0 Å². The van der Waals surface area contributed by atoms with Crippen LogP contribution in [0.3, 0.4) is 0 Å². The Kier molecular flexibility index (Phi) is 5.36. The number of aryl methyl sites for hydroxylation is 1. The summed E-state index contributed by atoms with van der Waals surface area (Å²) in [5, 5.41) is 5.17. The van der Waals surface area contributed by atoms with Gasteiger partial charge in [-0.2, -0.15) is 0 Å². The van der Waals surface area contributed by atoms with E-state index in [2.05, 4.69) is 17.6 Å². The topological polar surface area (TPSA) is 84.2 Å². The lowest BCUT2D eigenvalue weighted by Crippen LogP contribution is -2.47. The van der Waals surface area contributed by atoms with Crippen LogP contribution in [0, 0.1) is 0 Å². The average Bonchev–Trinajstić information content (AvgIpc) is 2.37. The zero-order chi connectivity index (χ0) is 14.4. The van der Waals surface area contributed by atoms with Gasteiger partial charge in [0.1, 0.15) is 6.04 Å². The minimum atomic E-state index is -0.706. The largest absolute Gasteiger partial charge is 0.352 e. The molecule has 0 fully saturated rings. The maximum Gasteiger partial charge on any atom is 0.312 e. The van der Waals surface area contributed by atoms with Crippen molar-refractivity contribution >= 4 is 11.9 Å². The molecule has 104 valence electrons. The maximum absolute atomic E-state index is 11.8. The van der Waals surface area contributed by atoms with Crippen LogP contribution in [0.15, 0.2) is 24.3 Å². The molecule has 3 amide bonds. The lowest BCUT2D eigenvalue weighted by Gasteiger charge is -2.18. The van der Waals surface area contributed by atoms with Crippen molar-refractivity contribution in [2.45, 2.75) is 39.3 Å². The molecule has 1 rings (SSSR count). The molecule has 5 nitrogen and oxygen atoms in total. The molecule has 0 saturated carbocycles. The molecule has 0 saturated heterocycles. The van der Waals surface area contributed by atoms with Crippen LogP contribution < -0.4 is 16.4 Å². The highest BCUT2D eigenvalue weighted by Crippen LogP contribution is 2.13. The van der Waals surface area contributed by atoms with Gasteiger partial charge in [-0.3, -0.25) is 4.79 Å². The fourth-order valence-corrected chi connectivity index (χ4v) is 1.74. The van der Waals surface area contributed by atoms with E-state index in [1.54, 1.807) is 6.92 Å². The first kappa shape index (κ1) is 15.0. The summed E-state index contributed by atoms with van der Waals surface area (Å²) in [6.07, 6.45) is 0.987. The Balaban J connectivity index is 2.60. The van der Waals surface area contributed by atoms with E-state index in [0.717, 1.165) is 12.0 Å². The Labute approximate surface area is 113 Å². The number of benzene rings is 1. The third kappa shape index (κ3) is 4.62. The van der Waals surface area contributed by atoms with Crippen molar-refractivity contribution in [3.63, 3.8) is 0 Å². The Hall–Kier alpha value is -2.04. The molecule has 5 heteroatoms. The molecule has 0 aromatic heterocycles. The van der Waals surface area contributed by atoms with E-state index in [1.807, 2.05) is 31.2 Å². The number of urea groups is 1. The van der Waals surface area contributed by atoms with Crippen LogP contribution in [0.25, 0.3) is 0 Å². The van der Waals surface area contributed by atoms with Gasteiger partial charge < -0.3 is 16.4 Å². The highest BCUT2D eigenvalue weighted by Gasteiger charge is 2.16. The number of carbonyl (C=O) groups is 2. The summed E-state index contributed by atoms with van der Waals surface area (Å²) in [5.74, 6) is -0.258.